The Labute approximate surface area is 164 Å². The molecule has 0 aliphatic heterocycles. The molecule has 28 heavy (non-hydrogen) atoms. The molecule has 144 valence electrons. The van der Waals surface area contributed by atoms with E-state index >= 15 is 0 Å². The Bertz CT molecular complexity index is 1000. The Balaban J connectivity index is 1.94. The lowest BCUT2D eigenvalue weighted by Crippen LogP contribution is -2.06. The third-order valence-electron chi connectivity index (χ3n) is 4.48. The van der Waals surface area contributed by atoms with Gasteiger partial charge in [0.05, 0.1) is 4.92 Å². The number of anilines is 4. The van der Waals surface area contributed by atoms with E-state index in [1.165, 1.54) is 11.9 Å². The maximum absolute atomic E-state index is 11.8. The molecule has 2 N–H and O–H groups in total. The van der Waals surface area contributed by atoms with Gasteiger partial charge in [-0.05, 0) is 49.1 Å². The lowest BCUT2D eigenvalue weighted by atomic mass is 10.0. The summed E-state index contributed by atoms with van der Waals surface area (Å²) in [5.41, 5.74) is 4.58. The van der Waals surface area contributed by atoms with Crippen LogP contribution < -0.4 is 10.6 Å². The highest BCUT2D eigenvalue weighted by molar-refractivity contribution is 5.77. The van der Waals surface area contributed by atoms with E-state index in [9.17, 15) is 10.1 Å². The van der Waals surface area contributed by atoms with E-state index in [1.807, 2.05) is 56.3 Å². The van der Waals surface area contributed by atoms with Gasteiger partial charge in [0.1, 0.15) is 6.33 Å². The van der Waals surface area contributed by atoms with E-state index in [-0.39, 0.29) is 17.3 Å². The first-order valence-electron chi connectivity index (χ1n) is 9.06. The van der Waals surface area contributed by atoms with Gasteiger partial charge >= 0.3 is 5.69 Å². The number of nitrogens with one attached hydrogen (secondary N) is 2. The normalized spacial score (nSPS) is 10.8. The van der Waals surface area contributed by atoms with Gasteiger partial charge in [0.25, 0.3) is 0 Å². The highest BCUT2D eigenvalue weighted by Gasteiger charge is 2.23. The van der Waals surface area contributed by atoms with Crippen molar-refractivity contribution in [3.8, 4) is 0 Å². The van der Waals surface area contributed by atoms with Crippen LogP contribution >= 0.6 is 0 Å². The number of hydrogen-bond donors (Lipinski definition) is 2. The second-order valence-electron chi connectivity index (χ2n) is 7.02. The molecule has 3 rings (SSSR count). The standard InChI is InChI=1S/C21H23N5O2/c1-13(2)16-6-8-17(9-7-16)24-20-19(26(27)28)21(23-12-22-20)25-18-10-5-14(3)11-15(18)4/h5-13H,1-4H3,(H2,22,23,24,25). The van der Waals surface area contributed by atoms with E-state index in [1.54, 1.807) is 0 Å². The quantitative estimate of drug-likeness (QED) is 0.428. The molecular weight excluding hydrogens is 354 g/mol. The Morgan fingerprint density at radius 3 is 2.18 bits per heavy atom. The van der Waals surface area contributed by atoms with Gasteiger partial charge in [-0.15, -0.1) is 0 Å². The highest BCUT2D eigenvalue weighted by atomic mass is 16.6. The fourth-order valence-electron chi connectivity index (χ4n) is 2.90. The number of hydrogen-bond acceptors (Lipinski definition) is 6. The largest absolute Gasteiger partial charge is 0.353 e. The average molecular weight is 377 g/mol. The molecule has 0 aliphatic carbocycles. The van der Waals surface area contributed by atoms with Crippen molar-refractivity contribution in [3.05, 3.63) is 75.6 Å². The Hall–Kier alpha value is -3.48. The molecule has 3 aromatic rings. The molecule has 0 fully saturated rings. The van der Waals surface area contributed by atoms with Crippen molar-refractivity contribution in [1.29, 1.82) is 0 Å². The molecule has 0 spiro atoms. The van der Waals surface area contributed by atoms with Gasteiger partial charge < -0.3 is 10.6 Å². The lowest BCUT2D eigenvalue weighted by molar-refractivity contribution is -0.383. The molecule has 1 aromatic heterocycles. The van der Waals surface area contributed by atoms with Crippen molar-refractivity contribution in [1.82, 2.24) is 9.97 Å². The Kier molecular flexibility index (Phi) is 5.54. The molecule has 7 heteroatoms. The fraction of sp³-hybridized carbons (Fsp3) is 0.238. The van der Waals surface area contributed by atoms with Crippen LogP contribution in [0.15, 0.2) is 48.8 Å². The summed E-state index contributed by atoms with van der Waals surface area (Å²) in [5, 5.41) is 17.9. The molecule has 0 aliphatic rings. The first-order valence-corrected chi connectivity index (χ1v) is 9.06. The van der Waals surface area contributed by atoms with E-state index < -0.39 is 4.92 Å². The molecule has 0 radical (unpaired) electrons. The summed E-state index contributed by atoms with van der Waals surface area (Å²) in [6.07, 6.45) is 1.31. The zero-order valence-electron chi connectivity index (χ0n) is 16.4. The lowest BCUT2D eigenvalue weighted by Gasteiger charge is -2.12. The highest BCUT2D eigenvalue weighted by Crippen LogP contribution is 2.34. The third kappa shape index (κ3) is 4.25. The first-order chi connectivity index (χ1) is 13.3. The minimum atomic E-state index is -0.476. The van der Waals surface area contributed by atoms with E-state index in [2.05, 4.69) is 34.4 Å². The number of aromatic nitrogens is 2. The SMILES string of the molecule is Cc1ccc(Nc2ncnc(Nc3ccc(C(C)C)cc3)c2[N+](=O)[O-])c(C)c1. The van der Waals surface area contributed by atoms with Crippen molar-refractivity contribution >= 4 is 28.7 Å². The number of rotatable bonds is 6. The smallest absolute Gasteiger partial charge is 0.334 e. The predicted octanol–water partition coefficient (Wildman–Crippen LogP) is 5.61. The molecule has 0 amide bonds. The zero-order valence-corrected chi connectivity index (χ0v) is 16.4. The van der Waals surface area contributed by atoms with Crippen LogP contribution in [-0.2, 0) is 0 Å². The third-order valence-corrected chi connectivity index (χ3v) is 4.48. The summed E-state index contributed by atoms with van der Waals surface area (Å²) >= 11 is 0. The van der Waals surface area contributed by atoms with Gasteiger partial charge in [-0.3, -0.25) is 10.1 Å². The van der Waals surface area contributed by atoms with Crippen LogP contribution in [-0.4, -0.2) is 14.9 Å². The van der Waals surface area contributed by atoms with Gasteiger partial charge in [0, 0.05) is 11.4 Å². The van der Waals surface area contributed by atoms with Gasteiger partial charge in [0.2, 0.25) is 11.6 Å². The van der Waals surface area contributed by atoms with Crippen molar-refractivity contribution in [2.24, 2.45) is 0 Å². The monoisotopic (exact) mass is 377 g/mol. The summed E-state index contributed by atoms with van der Waals surface area (Å²) in [4.78, 5) is 19.5. The topological polar surface area (TPSA) is 93.0 Å². The van der Waals surface area contributed by atoms with E-state index in [4.69, 9.17) is 0 Å². The van der Waals surface area contributed by atoms with Crippen LogP contribution in [0.2, 0.25) is 0 Å². The summed E-state index contributed by atoms with van der Waals surface area (Å²) < 4.78 is 0. The van der Waals surface area contributed by atoms with Crippen LogP contribution in [0.5, 0.6) is 0 Å². The van der Waals surface area contributed by atoms with Crippen molar-refractivity contribution in [2.75, 3.05) is 10.6 Å². The van der Waals surface area contributed by atoms with Gasteiger partial charge in [-0.25, -0.2) is 9.97 Å². The molecule has 0 unspecified atom stereocenters. The number of benzene rings is 2. The molecule has 0 atom stereocenters. The van der Waals surface area contributed by atoms with Crippen LogP contribution in [0.4, 0.5) is 28.7 Å². The molecule has 7 nitrogen and oxygen atoms in total. The maximum atomic E-state index is 11.8. The zero-order chi connectivity index (χ0) is 20.3. The number of nitrogens with zero attached hydrogens (tertiary/aromatic N) is 3. The maximum Gasteiger partial charge on any atom is 0.353 e. The Morgan fingerprint density at radius 1 is 0.964 bits per heavy atom. The second kappa shape index (κ2) is 8.04. The van der Waals surface area contributed by atoms with Gasteiger partial charge in [-0.1, -0.05) is 43.7 Å². The molecule has 1 heterocycles. The summed E-state index contributed by atoms with van der Waals surface area (Å²) in [5.74, 6) is 0.703. The van der Waals surface area contributed by atoms with Gasteiger partial charge in [0.15, 0.2) is 0 Å². The molecule has 0 bridgehead atoms. The van der Waals surface area contributed by atoms with Gasteiger partial charge in [-0.2, -0.15) is 0 Å². The minimum absolute atomic E-state index is 0.143. The first kappa shape index (κ1) is 19.3. The summed E-state index contributed by atoms with van der Waals surface area (Å²) in [7, 11) is 0. The number of nitro groups is 1. The van der Waals surface area contributed by atoms with Crippen molar-refractivity contribution in [2.45, 2.75) is 33.6 Å². The van der Waals surface area contributed by atoms with Crippen molar-refractivity contribution < 1.29 is 4.92 Å². The summed E-state index contributed by atoms with van der Waals surface area (Å²) in [6.45, 7) is 8.17. The van der Waals surface area contributed by atoms with Crippen LogP contribution in [0.1, 0.15) is 36.5 Å². The molecule has 0 saturated heterocycles. The van der Waals surface area contributed by atoms with E-state index in [0.29, 0.717) is 5.92 Å². The Morgan fingerprint density at radius 2 is 1.61 bits per heavy atom. The van der Waals surface area contributed by atoms with Crippen LogP contribution in [0, 0.1) is 24.0 Å². The minimum Gasteiger partial charge on any atom is -0.334 e. The average Bonchev–Trinajstić information content (AvgIpc) is 2.64. The fourth-order valence-corrected chi connectivity index (χ4v) is 2.90. The van der Waals surface area contributed by atoms with Crippen molar-refractivity contribution in [3.63, 3.8) is 0 Å². The van der Waals surface area contributed by atoms with Crippen LogP contribution in [0.25, 0.3) is 0 Å². The second-order valence-corrected chi connectivity index (χ2v) is 7.02. The van der Waals surface area contributed by atoms with E-state index in [0.717, 1.165) is 22.5 Å². The number of aryl methyl sites for hydroxylation is 2. The molecular formula is C21H23N5O2. The molecule has 2 aromatic carbocycles. The predicted molar refractivity (Wildman–Crippen MR) is 112 cm³/mol. The molecule has 0 saturated carbocycles. The summed E-state index contributed by atoms with van der Waals surface area (Å²) in [6, 6.07) is 13.6. The van der Waals surface area contributed by atoms with Crippen LogP contribution in [0.3, 0.4) is 0 Å².